The summed E-state index contributed by atoms with van der Waals surface area (Å²) in [6, 6.07) is -0.238. The van der Waals surface area contributed by atoms with Crippen LogP contribution in [0.25, 0.3) is 0 Å². The van der Waals surface area contributed by atoms with Crippen molar-refractivity contribution in [1.82, 2.24) is 0 Å². The van der Waals surface area contributed by atoms with Crippen LogP contribution in [0.5, 0.6) is 0 Å². The molecular weight excluding hydrogens is 228 g/mol. The van der Waals surface area contributed by atoms with Gasteiger partial charge in [-0.2, -0.15) is 0 Å². The molecule has 6 N–H and O–H groups in total. The number of ketones is 1. The van der Waals surface area contributed by atoms with Gasteiger partial charge in [-0.3, -0.25) is 4.79 Å². The second kappa shape index (κ2) is 7.38. The van der Waals surface area contributed by atoms with Crippen molar-refractivity contribution >= 4 is 17.2 Å². The molecule has 104 valence electrons. The van der Waals surface area contributed by atoms with Crippen LogP contribution < -0.4 is 11.5 Å². The van der Waals surface area contributed by atoms with E-state index in [9.17, 15) is 4.79 Å². The molecule has 0 bridgehead atoms. The van der Waals surface area contributed by atoms with Crippen molar-refractivity contribution in [3.05, 3.63) is 0 Å². The van der Waals surface area contributed by atoms with Gasteiger partial charge in [0.15, 0.2) is 0 Å². The van der Waals surface area contributed by atoms with Gasteiger partial charge in [0.1, 0.15) is 5.78 Å². The maximum atomic E-state index is 12.1. The first-order valence-corrected chi connectivity index (χ1v) is 6.36. The molecule has 4 unspecified atom stereocenters. The van der Waals surface area contributed by atoms with Crippen molar-refractivity contribution in [2.45, 2.75) is 52.6 Å². The van der Waals surface area contributed by atoms with Crippen molar-refractivity contribution in [1.29, 1.82) is 10.8 Å². The predicted molar refractivity (Wildman–Crippen MR) is 75.3 cm³/mol. The first-order chi connectivity index (χ1) is 8.16. The number of hydrogen-bond acceptors (Lipinski definition) is 5. The molecule has 0 aliphatic carbocycles. The van der Waals surface area contributed by atoms with Gasteiger partial charge in [0, 0.05) is 36.3 Å². The van der Waals surface area contributed by atoms with Crippen LogP contribution in [-0.4, -0.2) is 29.3 Å². The minimum atomic E-state index is -0.473. The molecule has 0 aromatic rings. The Morgan fingerprint density at radius 2 is 1.17 bits per heavy atom. The van der Waals surface area contributed by atoms with Crippen LogP contribution in [0.3, 0.4) is 0 Å². The Hall–Kier alpha value is -1.07. The standard InChI is InChI=1S/C13H26N4O/c1-7(14)5-11(16)9(3)13(18)10(4)12(17)6-8(2)15/h7-10,16-17H,5-6,14-15H2,1-4H3. The summed E-state index contributed by atoms with van der Waals surface area (Å²) in [5.41, 5.74) is 11.9. The van der Waals surface area contributed by atoms with Crippen LogP contribution in [0.1, 0.15) is 40.5 Å². The fourth-order valence-corrected chi connectivity index (χ4v) is 1.77. The van der Waals surface area contributed by atoms with Crippen LogP contribution in [0.4, 0.5) is 0 Å². The van der Waals surface area contributed by atoms with E-state index in [2.05, 4.69) is 0 Å². The maximum Gasteiger partial charge on any atom is 0.149 e. The maximum absolute atomic E-state index is 12.1. The zero-order valence-corrected chi connectivity index (χ0v) is 11.8. The molecule has 5 heteroatoms. The lowest BCUT2D eigenvalue weighted by Gasteiger charge is -2.19. The van der Waals surface area contributed by atoms with Crippen molar-refractivity contribution < 1.29 is 4.79 Å². The van der Waals surface area contributed by atoms with Crippen LogP contribution in [-0.2, 0) is 4.79 Å². The highest BCUT2D eigenvalue weighted by atomic mass is 16.1. The van der Waals surface area contributed by atoms with E-state index in [0.29, 0.717) is 24.3 Å². The summed E-state index contributed by atoms with van der Waals surface area (Å²) in [6.45, 7) is 7.05. The number of rotatable bonds is 8. The predicted octanol–water partition coefficient (Wildman–Crippen LogP) is 1.34. The van der Waals surface area contributed by atoms with Crippen LogP contribution in [0.15, 0.2) is 0 Å². The normalized spacial score (nSPS) is 17.7. The minimum absolute atomic E-state index is 0.0914. The quantitative estimate of drug-likeness (QED) is 0.490. The lowest BCUT2D eigenvalue weighted by molar-refractivity contribution is -0.122. The number of carbonyl (C=O) groups excluding carboxylic acids is 1. The van der Waals surface area contributed by atoms with Crippen LogP contribution in [0, 0.1) is 22.7 Å². The second-order valence-electron chi connectivity index (χ2n) is 5.26. The molecule has 0 aromatic heterocycles. The molecule has 0 heterocycles. The molecule has 0 aromatic carbocycles. The zero-order valence-electron chi connectivity index (χ0n) is 11.8. The number of nitrogens with two attached hydrogens (primary N) is 2. The van der Waals surface area contributed by atoms with E-state index >= 15 is 0 Å². The Bertz CT molecular complexity index is 293. The third-order valence-corrected chi connectivity index (χ3v) is 2.98. The first-order valence-electron chi connectivity index (χ1n) is 6.36. The fraction of sp³-hybridized carbons (Fsp3) is 0.769. The molecule has 0 saturated carbocycles. The smallest absolute Gasteiger partial charge is 0.149 e. The average Bonchev–Trinajstić information content (AvgIpc) is 2.24. The van der Waals surface area contributed by atoms with Gasteiger partial charge in [-0.25, -0.2) is 0 Å². The van der Waals surface area contributed by atoms with Crippen LogP contribution in [0.2, 0.25) is 0 Å². The summed E-state index contributed by atoms with van der Waals surface area (Å²) >= 11 is 0. The van der Waals surface area contributed by atoms with E-state index in [4.69, 9.17) is 22.3 Å². The van der Waals surface area contributed by atoms with E-state index in [1.807, 2.05) is 13.8 Å². The van der Waals surface area contributed by atoms with Gasteiger partial charge in [-0.15, -0.1) is 0 Å². The Morgan fingerprint density at radius 1 is 0.889 bits per heavy atom. The molecular formula is C13H26N4O. The third kappa shape index (κ3) is 5.51. The third-order valence-electron chi connectivity index (χ3n) is 2.98. The highest BCUT2D eigenvalue weighted by molar-refractivity contribution is 6.12. The summed E-state index contributed by atoms with van der Waals surface area (Å²) in [5, 5.41) is 15.7. The molecule has 0 aliphatic heterocycles. The molecule has 4 atom stereocenters. The second-order valence-corrected chi connectivity index (χ2v) is 5.26. The Kier molecular flexibility index (Phi) is 6.94. The summed E-state index contributed by atoms with van der Waals surface area (Å²) in [4.78, 5) is 12.1. The molecule has 0 aliphatic rings. The van der Waals surface area contributed by atoms with Crippen molar-refractivity contribution in [3.8, 4) is 0 Å². The zero-order chi connectivity index (χ0) is 14.5. The first kappa shape index (κ1) is 16.9. The van der Waals surface area contributed by atoms with E-state index in [-0.39, 0.29) is 17.9 Å². The molecule has 0 spiro atoms. The summed E-state index contributed by atoms with van der Waals surface area (Å²) in [7, 11) is 0. The Balaban J connectivity index is 4.54. The molecule has 0 amide bonds. The minimum Gasteiger partial charge on any atom is -0.328 e. The monoisotopic (exact) mass is 254 g/mol. The molecule has 0 radical (unpaired) electrons. The van der Waals surface area contributed by atoms with Gasteiger partial charge >= 0.3 is 0 Å². The van der Waals surface area contributed by atoms with Gasteiger partial charge in [-0.1, -0.05) is 13.8 Å². The van der Waals surface area contributed by atoms with Gasteiger partial charge in [0.2, 0.25) is 0 Å². The number of Topliss-reactive ketones (excluding diaryl/α,β-unsaturated/α-hetero) is 1. The Morgan fingerprint density at radius 3 is 1.39 bits per heavy atom. The van der Waals surface area contributed by atoms with E-state index < -0.39 is 11.8 Å². The highest BCUT2D eigenvalue weighted by Crippen LogP contribution is 2.14. The number of nitrogens with one attached hydrogen (secondary N) is 2. The van der Waals surface area contributed by atoms with Crippen molar-refractivity contribution in [3.63, 3.8) is 0 Å². The summed E-state index contributed by atoms with van der Waals surface area (Å²) in [6.07, 6.45) is 0.834. The Labute approximate surface area is 109 Å². The molecule has 0 fully saturated rings. The molecule has 0 rings (SSSR count). The SMILES string of the molecule is CC(N)CC(=N)C(C)C(=O)C(C)C(=N)CC(C)N. The highest BCUT2D eigenvalue weighted by Gasteiger charge is 2.26. The molecule has 5 nitrogen and oxygen atoms in total. The van der Waals surface area contributed by atoms with Gasteiger partial charge in [0.25, 0.3) is 0 Å². The van der Waals surface area contributed by atoms with Crippen LogP contribution >= 0.6 is 0 Å². The lowest BCUT2D eigenvalue weighted by atomic mass is 9.85. The van der Waals surface area contributed by atoms with E-state index in [0.717, 1.165) is 0 Å². The molecule has 0 saturated heterocycles. The summed E-state index contributed by atoms with van der Waals surface area (Å²) < 4.78 is 0. The van der Waals surface area contributed by atoms with E-state index in [1.54, 1.807) is 13.8 Å². The average molecular weight is 254 g/mol. The number of carbonyl (C=O) groups is 1. The van der Waals surface area contributed by atoms with E-state index in [1.165, 1.54) is 0 Å². The fourth-order valence-electron chi connectivity index (χ4n) is 1.77. The van der Waals surface area contributed by atoms with Crippen molar-refractivity contribution in [2.24, 2.45) is 23.3 Å². The largest absolute Gasteiger partial charge is 0.328 e. The topological polar surface area (TPSA) is 117 Å². The summed E-state index contributed by atoms with van der Waals surface area (Å²) in [5.74, 6) is -1.04. The van der Waals surface area contributed by atoms with Gasteiger partial charge in [0.05, 0.1) is 11.8 Å². The van der Waals surface area contributed by atoms with Gasteiger partial charge in [-0.05, 0) is 13.8 Å². The van der Waals surface area contributed by atoms with Gasteiger partial charge < -0.3 is 22.3 Å². The van der Waals surface area contributed by atoms with Crippen molar-refractivity contribution in [2.75, 3.05) is 0 Å². The molecule has 18 heavy (non-hydrogen) atoms. The number of hydrogen-bond donors (Lipinski definition) is 4. The lowest BCUT2D eigenvalue weighted by Crippen LogP contribution is -2.34.